The van der Waals surface area contributed by atoms with Crippen molar-refractivity contribution in [3.8, 4) is 5.75 Å². The minimum absolute atomic E-state index is 0.0490. The van der Waals surface area contributed by atoms with E-state index in [1.807, 2.05) is 0 Å². The van der Waals surface area contributed by atoms with Crippen molar-refractivity contribution in [2.45, 2.75) is 18.9 Å². The summed E-state index contributed by atoms with van der Waals surface area (Å²) in [5, 5.41) is 2.62. The highest BCUT2D eigenvalue weighted by atomic mass is 32.2. The Bertz CT molecular complexity index is 714. The zero-order valence-electron chi connectivity index (χ0n) is 13.0. The third-order valence-corrected chi connectivity index (χ3v) is 5.49. The summed E-state index contributed by atoms with van der Waals surface area (Å²) in [6.07, 6.45) is 0.352. The van der Waals surface area contributed by atoms with Gasteiger partial charge in [-0.25, -0.2) is 13.2 Å². The molecule has 1 N–H and O–H groups in total. The number of carbonyl (C=O) groups is 2. The normalized spacial score (nSPS) is 22.3. The summed E-state index contributed by atoms with van der Waals surface area (Å²) in [5.41, 5.74) is -0.537. The second-order valence-corrected chi connectivity index (χ2v) is 7.94. The molecule has 23 heavy (non-hydrogen) atoms. The molecule has 1 aliphatic rings. The van der Waals surface area contributed by atoms with Crippen LogP contribution in [0.2, 0.25) is 0 Å². The van der Waals surface area contributed by atoms with Crippen LogP contribution in [0.5, 0.6) is 5.75 Å². The van der Waals surface area contributed by atoms with Crippen molar-refractivity contribution in [3.05, 3.63) is 29.8 Å². The van der Waals surface area contributed by atoms with Crippen LogP contribution in [-0.4, -0.2) is 51.1 Å². The molecule has 8 heteroatoms. The molecule has 1 atom stereocenters. The number of carbonyl (C=O) groups excluding carboxylic acids is 2. The standard InChI is InChI=1S/C15H19NO6S/c1-15(6-7-23(19,20)10-15)16-13(17)9-22-14(18)11-4-3-5-12(8-11)21-2/h3-5,8H,6-7,9-10H2,1-2H3,(H,16,17)/t15-/m1/s1. The van der Waals surface area contributed by atoms with Gasteiger partial charge in [-0.15, -0.1) is 0 Å². The van der Waals surface area contributed by atoms with Crippen LogP contribution < -0.4 is 10.1 Å². The van der Waals surface area contributed by atoms with Gasteiger partial charge in [-0.1, -0.05) is 6.07 Å². The Morgan fingerprint density at radius 3 is 2.70 bits per heavy atom. The second kappa shape index (κ2) is 6.57. The summed E-state index contributed by atoms with van der Waals surface area (Å²) < 4.78 is 32.9. The summed E-state index contributed by atoms with van der Waals surface area (Å²) in [4.78, 5) is 23.8. The maximum Gasteiger partial charge on any atom is 0.338 e. The molecule has 0 bridgehead atoms. The van der Waals surface area contributed by atoms with Crippen molar-refractivity contribution in [1.29, 1.82) is 0 Å². The van der Waals surface area contributed by atoms with Gasteiger partial charge in [0.1, 0.15) is 5.75 Å². The number of hydrogen-bond donors (Lipinski definition) is 1. The molecular weight excluding hydrogens is 322 g/mol. The smallest absolute Gasteiger partial charge is 0.338 e. The number of benzene rings is 1. The van der Waals surface area contributed by atoms with Gasteiger partial charge in [0.15, 0.2) is 16.4 Å². The molecule has 126 valence electrons. The highest BCUT2D eigenvalue weighted by molar-refractivity contribution is 7.91. The highest BCUT2D eigenvalue weighted by Gasteiger charge is 2.39. The lowest BCUT2D eigenvalue weighted by Gasteiger charge is -2.23. The summed E-state index contributed by atoms with van der Waals surface area (Å²) in [6.45, 7) is 1.20. The zero-order valence-corrected chi connectivity index (χ0v) is 13.8. The van der Waals surface area contributed by atoms with Crippen LogP contribution >= 0.6 is 0 Å². The summed E-state index contributed by atoms with van der Waals surface area (Å²) in [6, 6.07) is 6.38. The Kier molecular flexibility index (Phi) is 4.93. The molecule has 1 saturated heterocycles. The van der Waals surface area contributed by atoms with Crippen LogP contribution in [0.25, 0.3) is 0 Å². The first-order valence-corrected chi connectivity index (χ1v) is 8.88. The lowest BCUT2D eigenvalue weighted by molar-refractivity contribution is -0.125. The van der Waals surface area contributed by atoms with E-state index in [2.05, 4.69) is 5.32 Å². The molecule has 7 nitrogen and oxygen atoms in total. The Morgan fingerprint density at radius 1 is 1.35 bits per heavy atom. The van der Waals surface area contributed by atoms with Crippen molar-refractivity contribution < 1.29 is 27.5 Å². The fourth-order valence-electron chi connectivity index (χ4n) is 2.45. The van der Waals surface area contributed by atoms with E-state index in [9.17, 15) is 18.0 Å². The molecule has 1 aliphatic heterocycles. The van der Waals surface area contributed by atoms with E-state index < -0.39 is 33.9 Å². The quantitative estimate of drug-likeness (QED) is 0.785. The van der Waals surface area contributed by atoms with Gasteiger partial charge in [-0.05, 0) is 31.5 Å². The van der Waals surface area contributed by atoms with Crippen molar-refractivity contribution in [3.63, 3.8) is 0 Å². The van der Waals surface area contributed by atoms with E-state index in [1.54, 1.807) is 25.1 Å². The lowest BCUT2D eigenvalue weighted by Crippen LogP contribution is -2.48. The Hall–Kier alpha value is -2.09. The number of nitrogens with one attached hydrogen (secondary N) is 1. The van der Waals surface area contributed by atoms with Crippen LogP contribution in [0.1, 0.15) is 23.7 Å². The first-order valence-electron chi connectivity index (χ1n) is 7.06. The second-order valence-electron chi connectivity index (χ2n) is 5.76. The van der Waals surface area contributed by atoms with Crippen LogP contribution in [0.15, 0.2) is 24.3 Å². The molecule has 1 aromatic rings. The summed E-state index contributed by atoms with van der Waals surface area (Å²) in [7, 11) is -1.64. The maximum atomic E-state index is 11.9. The first-order chi connectivity index (χ1) is 10.7. The monoisotopic (exact) mass is 341 g/mol. The molecule has 0 radical (unpaired) electrons. The van der Waals surface area contributed by atoms with Crippen molar-refractivity contribution in [1.82, 2.24) is 5.32 Å². The third kappa shape index (κ3) is 4.69. The Labute approximate surface area is 134 Å². The first kappa shape index (κ1) is 17.3. The number of hydrogen-bond acceptors (Lipinski definition) is 6. The maximum absolute atomic E-state index is 11.9. The fourth-order valence-corrected chi connectivity index (χ4v) is 4.54. The Balaban J connectivity index is 1.88. The van der Waals surface area contributed by atoms with Crippen LogP contribution in [0, 0.1) is 0 Å². The molecule has 0 aliphatic carbocycles. The zero-order chi connectivity index (χ0) is 17.1. The number of amides is 1. The van der Waals surface area contributed by atoms with Crippen molar-refractivity contribution in [2.75, 3.05) is 25.2 Å². The third-order valence-electron chi connectivity index (χ3n) is 3.58. The predicted octanol–water partition coefficient (Wildman–Crippen LogP) is 0.545. The van der Waals surface area contributed by atoms with Gasteiger partial charge in [0, 0.05) is 0 Å². The average molecular weight is 341 g/mol. The minimum Gasteiger partial charge on any atom is -0.497 e. The van der Waals surface area contributed by atoms with E-state index in [4.69, 9.17) is 9.47 Å². The van der Waals surface area contributed by atoms with Gasteiger partial charge >= 0.3 is 5.97 Å². The minimum atomic E-state index is -3.12. The summed E-state index contributed by atoms with van der Waals surface area (Å²) >= 11 is 0. The molecule has 0 aromatic heterocycles. The van der Waals surface area contributed by atoms with Gasteiger partial charge in [0.05, 0.1) is 29.7 Å². The van der Waals surface area contributed by atoms with Crippen molar-refractivity contribution in [2.24, 2.45) is 0 Å². The van der Waals surface area contributed by atoms with E-state index >= 15 is 0 Å². The lowest BCUT2D eigenvalue weighted by atomic mass is 10.0. The van der Waals surface area contributed by atoms with E-state index in [-0.39, 0.29) is 17.1 Å². The van der Waals surface area contributed by atoms with Gasteiger partial charge in [0.2, 0.25) is 0 Å². The number of sulfone groups is 1. The topological polar surface area (TPSA) is 98.8 Å². The molecule has 2 rings (SSSR count). The average Bonchev–Trinajstić information content (AvgIpc) is 2.78. The molecule has 1 aromatic carbocycles. The van der Waals surface area contributed by atoms with Crippen LogP contribution in [0.4, 0.5) is 0 Å². The molecule has 0 saturated carbocycles. The molecule has 0 unspecified atom stereocenters. The van der Waals surface area contributed by atoms with E-state index in [1.165, 1.54) is 13.2 Å². The number of esters is 1. The van der Waals surface area contributed by atoms with Crippen molar-refractivity contribution >= 4 is 21.7 Å². The molecule has 0 spiro atoms. The molecule has 1 fully saturated rings. The SMILES string of the molecule is COc1cccc(C(=O)OCC(=O)N[C@]2(C)CCS(=O)(=O)C2)c1. The fraction of sp³-hybridized carbons (Fsp3) is 0.467. The van der Waals surface area contributed by atoms with Gasteiger partial charge in [-0.2, -0.15) is 0 Å². The van der Waals surface area contributed by atoms with E-state index in [0.717, 1.165) is 0 Å². The van der Waals surface area contributed by atoms with E-state index in [0.29, 0.717) is 12.2 Å². The number of ether oxygens (including phenoxy) is 2. The number of methoxy groups -OCH3 is 1. The van der Waals surface area contributed by atoms with Crippen LogP contribution in [-0.2, 0) is 19.4 Å². The predicted molar refractivity (Wildman–Crippen MR) is 83.1 cm³/mol. The Morgan fingerprint density at radius 2 is 2.09 bits per heavy atom. The van der Waals surface area contributed by atoms with Gasteiger partial charge in [0.25, 0.3) is 5.91 Å². The largest absolute Gasteiger partial charge is 0.497 e. The molecule has 1 heterocycles. The van der Waals surface area contributed by atoms with Gasteiger partial charge in [-0.3, -0.25) is 4.79 Å². The summed E-state index contributed by atoms with van der Waals surface area (Å²) in [5.74, 6) is -0.722. The highest BCUT2D eigenvalue weighted by Crippen LogP contribution is 2.22. The van der Waals surface area contributed by atoms with Crippen LogP contribution in [0.3, 0.4) is 0 Å². The molecule has 1 amide bonds. The van der Waals surface area contributed by atoms with Gasteiger partial charge < -0.3 is 14.8 Å². The molecular formula is C15H19NO6S. The number of rotatable bonds is 5.